The number of hydrogen-bond donors (Lipinski definition) is 0. The van der Waals surface area contributed by atoms with E-state index in [1.807, 2.05) is 13.8 Å². The van der Waals surface area contributed by atoms with Crippen molar-refractivity contribution >= 4 is 11.9 Å². The van der Waals surface area contributed by atoms with Crippen LogP contribution in [0.5, 0.6) is 0 Å². The molecular formula is C29H44O4. The van der Waals surface area contributed by atoms with E-state index in [4.69, 9.17) is 9.47 Å². The van der Waals surface area contributed by atoms with E-state index in [1.165, 1.54) is 56.9 Å². The van der Waals surface area contributed by atoms with Crippen molar-refractivity contribution in [3.63, 3.8) is 0 Å². The van der Waals surface area contributed by atoms with Crippen LogP contribution in [0.2, 0.25) is 0 Å². The van der Waals surface area contributed by atoms with Crippen LogP contribution < -0.4 is 0 Å². The minimum atomic E-state index is -0.399. The van der Waals surface area contributed by atoms with Crippen LogP contribution in [-0.2, 0) is 19.1 Å². The molecule has 4 fully saturated rings. The van der Waals surface area contributed by atoms with Crippen LogP contribution in [-0.4, -0.2) is 25.2 Å². The third kappa shape index (κ3) is 3.52. The van der Waals surface area contributed by atoms with Crippen LogP contribution in [0.15, 0.2) is 11.6 Å². The molecule has 0 N–H and O–H groups in total. The molecule has 5 aliphatic rings. The molecule has 0 amide bonds. The number of fused-ring (bicyclic) bond motifs is 7. The fraction of sp³-hybridized carbons (Fsp3) is 0.862. The van der Waals surface area contributed by atoms with Gasteiger partial charge in [-0.15, -0.1) is 0 Å². The van der Waals surface area contributed by atoms with Gasteiger partial charge in [0, 0.05) is 0 Å². The Kier molecular flexibility index (Phi) is 6.19. The number of hydrogen-bond acceptors (Lipinski definition) is 4. The van der Waals surface area contributed by atoms with Gasteiger partial charge in [-0.2, -0.15) is 0 Å². The Hall–Kier alpha value is -1.32. The highest BCUT2D eigenvalue weighted by Crippen LogP contribution is 2.70. The second kappa shape index (κ2) is 8.72. The number of rotatable bonds is 4. The van der Waals surface area contributed by atoms with Gasteiger partial charge in [0.25, 0.3) is 0 Å². The standard InChI is InChI=1S/C29H44O4/c1-5-32-26(30)20-12-13-22-21(25(20)27(31)33-6-2)17-24-19-11-10-18-9-7-8-15-28(18,3)23(19)14-16-29(22,24)4/h13,18-21,23-25H,5-12,14-17H2,1-4H3/t18?,19-,20+,21-,23+,24+,25-,28+,29-/m1/s1. The first-order valence-corrected chi connectivity index (χ1v) is 13.9. The molecule has 5 aliphatic carbocycles. The van der Waals surface area contributed by atoms with E-state index >= 15 is 0 Å². The van der Waals surface area contributed by atoms with Gasteiger partial charge in [-0.1, -0.05) is 38.3 Å². The summed E-state index contributed by atoms with van der Waals surface area (Å²) in [5.41, 5.74) is 2.16. The summed E-state index contributed by atoms with van der Waals surface area (Å²) in [7, 11) is 0. The second-order valence-corrected chi connectivity index (χ2v) is 12.2. The van der Waals surface area contributed by atoms with Crippen molar-refractivity contribution in [1.29, 1.82) is 0 Å². The Morgan fingerprint density at radius 2 is 1.70 bits per heavy atom. The lowest BCUT2D eigenvalue weighted by atomic mass is 9.45. The van der Waals surface area contributed by atoms with Gasteiger partial charge in [0.05, 0.1) is 25.0 Å². The van der Waals surface area contributed by atoms with Crippen LogP contribution in [0.3, 0.4) is 0 Å². The molecule has 0 heterocycles. The van der Waals surface area contributed by atoms with E-state index in [0.29, 0.717) is 31.0 Å². The van der Waals surface area contributed by atoms with Crippen LogP contribution in [0.1, 0.15) is 91.9 Å². The molecular weight excluding hydrogens is 412 g/mol. The molecule has 0 aromatic heterocycles. The van der Waals surface area contributed by atoms with Crippen LogP contribution in [0.4, 0.5) is 0 Å². The molecule has 0 aliphatic heterocycles. The molecule has 4 nitrogen and oxygen atoms in total. The van der Waals surface area contributed by atoms with Gasteiger partial charge in [0.2, 0.25) is 0 Å². The maximum atomic E-state index is 13.2. The number of esters is 2. The van der Waals surface area contributed by atoms with Gasteiger partial charge in [-0.25, -0.2) is 0 Å². The SMILES string of the molecule is CCOC(=O)[C@@H]1[C@@H](C(=O)OCC)CC=C2[C@H]1C[C@H]1[C@@H]3CCC4CCCC[C@]4(C)[C@H]3CC[C@]21C. The zero-order valence-electron chi connectivity index (χ0n) is 21.2. The molecule has 0 radical (unpaired) electrons. The van der Waals surface area contributed by atoms with E-state index in [9.17, 15) is 9.59 Å². The molecule has 0 spiro atoms. The van der Waals surface area contributed by atoms with Gasteiger partial charge < -0.3 is 9.47 Å². The number of carbonyl (C=O) groups excluding carboxylic acids is 2. The maximum absolute atomic E-state index is 13.2. The minimum absolute atomic E-state index is 0.137. The monoisotopic (exact) mass is 456 g/mol. The molecule has 184 valence electrons. The number of ether oxygens (including phenoxy) is 2. The summed E-state index contributed by atoms with van der Waals surface area (Å²) in [5.74, 6) is 2.08. The lowest BCUT2D eigenvalue weighted by Gasteiger charge is -2.60. The Morgan fingerprint density at radius 1 is 0.939 bits per heavy atom. The molecule has 9 atom stereocenters. The summed E-state index contributed by atoms with van der Waals surface area (Å²) in [4.78, 5) is 26.1. The Bertz CT molecular complexity index is 816. The molecule has 33 heavy (non-hydrogen) atoms. The van der Waals surface area contributed by atoms with Crippen molar-refractivity contribution in [3.8, 4) is 0 Å². The van der Waals surface area contributed by atoms with Crippen molar-refractivity contribution in [1.82, 2.24) is 0 Å². The van der Waals surface area contributed by atoms with Crippen molar-refractivity contribution < 1.29 is 19.1 Å². The molecule has 0 saturated heterocycles. The molecule has 1 unspecified atom stereocenters. The highest BCUT2D eigenvalue weighted by Gasteiger charge is 2.63. The summed E-state index contributed by atoms with van der Waals surface area (Å²) in [6.07, 6.45) is 15.0. The first-order valence-electron chi connectivity index (χ1n) is 13.9. The lowest BCUT2D eigenvalue weighted by molar-refractivity contribution is -0.162. The van der Waals surface area contributed by atoms with Crippen molar-refractivity contribution in [2.75, 3.05) is 13.2 Å². The Balaban J connectivity index is 1.47. The molecule has 0 bridgehead atoms. The molecule has 0 aromatic rings. The summed E-state index contributed by atoms with van der Waals surface area (Å²) in [6, 6.07) is 0. The first-order chi connectivity index (χ1) is 15.8. The van der Waals surface area contributed by atoms with E-state index < -0.39 is 5.92 Å². The quantitative estimate of drug-likeness (QED) is 0.366. The number of carbonyl (C=O) groups is 2. The lowest BCUT2D eigenvalue weighted by Crippen LogP contribution is -2.52. The predicted octanol–water partition coefficient (Wildman–Crippen LogP) is 6.33. The van der Waals surface area contributed by atoms with Crippen LogP contribution in [0.25, 0.3) is 0 Å². The summed E-state index contributed by atoms with van der Waals surface area (Å²) in [5, 5.41) is 0. The van der Waals surface area contributed by atoms with Gasteiger partial charge in [0.1, 0.15) is 0 Å². The van der Waals surface area contributed by atoms with Gasteiger partial charge in [0.15, 0.2) is 0 Å². The van der Waals surface area contributed by atoms with Crippen molar-refractivity contribution in [2.24, 2.45) is 52.3 Å². The van der Waals surface area contributed by atoms with Crippen molar-refractivity contribution in [3.05, 3.63) is 11.6 Å². The summed E-state index contributed by atoms with van der Waals surface area (Å²) < 4.78 is 11.0. The van der Waals surface area contributed by atoms with E-state index in [2.05, 4.69) is 19.9 Å². The topological polar surface area (TPSA) is 52.6 Å². The minimum Gasteiger partial charge on any atom is -0.466 e. The second-order valence-electron chi connectivity index (χ2n) is 12.2. The predicted molar refractivity (Wildman–Crippen MR) is 128 cm³/mol. The fourth-order valence-corrected chi connectivity index (χ4v) is 9.70. The highest BCUT2D eigenvalue weighted by molar-refractivity contribution is 5.83. The largest absolute Gasteiger partial charge is 0.466 e. The Labute approximate surface area is 200 Å². The Morgan fingerprint density at radius 3 is 2.45 bits per heavy atom. The van der Waals surface area contributed by atoms with E-state index in [1.54, 1.807) is 0 Å². The summed E-state index contributed by atoms with van der Waals surface area (Å²) in [6.45, 7) is 9.53. The smallest absolute Gasteiger partial charge is 0.310 e. The van der Waals surface area contributed by atoms with Crippen LogP contribution in [0, 0.1) is 52.3 Å². The highest BCUT2D eigenvalue weighted by atomic mass is 16.5. The van der Waals surface area contributed by atoms with Gasteiger partial charge >= 0.3 is 11.9 Å². The normalized spacial score (nSPS) is 46.2. The molecule has 0 aromatic carbocycles. The van der Waals surface area contributed by atoms with Gasteiger partial charge in [-0.05, 0) is 106 Å². The number of allylic oxidation sites excluding steroid dienone is 2. The van der Waals surface area contributed by atoms with Crippen molar-refractivity contribution in [2.45, 2.75) is 91.9 Å². The van der Waals surface area contributed by atoms with Gasteiger partial charge in [-0.3, -0.25) is 9.59 Å². The van der Waals surface area contributed by atoms with E-state index in [-0.39, 0.29) is 29.2 Å². The maximum Gasteiger partial charge on any atom is 0.310 e. The third-order valence-electron chi connectivity index (χ3n) is 11.1. The average Bonchev–Trinajstić information content (AvgIpc) is 3.11. The zero-order chi connectivity index (χ0) is 23.4. The fourth-order valence-electron chi connectivity index (χ4n) is 9.70. The van der Waals surface area contributed by atoms with Crippen LogP contribution >= 0.6 is 0 Å². The van der Waals surface area contributed by atoms with E-state index in [0.717, 1.165) is 24.2 Å². The third-order valence-corrected chi connectivity index (χ3v) is 11.1. The summed E-state index contributed by atoms with van der Waals surface area (Å²) >= 11 is 0. The first kappa shape index (κ1) is 23.4. The zero-order valence-corrected chi connectivity index (χ0v) is 21.2. The molecule has 4 heteroatoms. The average molecular weight is 457 g/mol. The molecule has 4 saturated carbocycles. The molecule has 5 rings (SSSR count).